The Hall–Kier alpha value is -4.20. The van der Waals surface area contributed by atoms with E-state index in [9.17, 15) is 36.9 Å². The van der Waals surface area contributed by atoms with E-state index >= 15 is 0 Å². The number of ether oxygens (including phenoxy) is 1. The third kappa shape index (κ3) is 5.40. The molecule has 0 fully saturated rings. The van der Waals surface area contributed by atoms with E-state index < -0.39 is 68.0 Å². The maximum Gasteiger partial charge on any atom is 0.417 e. The van der Waals surface area contributed by atoms with Crippen molar-refractivity contribution in [1.82, 2.24) is 4.98 Å². The monoisotopic (exact) mass is 503 g/mol. The van der Waals surface area contributed by atoms with Crippen molar-refractivity contribution >= 4 is 40.5 Å². The van der Waals surface area contributed by atoms with E-state index in [1.807, 2.05) is 5.32 Å². The standard InChI is InChI=1S/C19H11ClF5N5O4/c20-11-2-1-8(5-10(11)19(23,24)25)28-18(31)29-9-6-12(21)16(13(22)7-9)34-14-3-4-27-17(26)15(14)30(32)33/h1-7H,(H2,26,27)(H2,28,29,31). The molecule has 3 rings (SSSR count). The smallest absolute Gasteiger partial charge is 0.417 e. The normalized spacial score (nSPS) is 11.1. The number of alkyl halides is 3. The number of halogens is 6. The first-order chi connectivity index (χ1) is 15.9. The van der Waals surface area contributed by atoms with E-state index in [4.69, 9.17) is 22.1 Å². The van der Waals surface area contributed by atoms with Gasteiger partial charge in [0, 0.05) is 35.8 Å². The van der Waals surface area contributed by atoms with Crippen molar-refractivity contribution in [3.05, 3.63) is 74.9 Å². The third-order valence-corrected chi connectivity index (χ3v) is 4.43. The number of carbonyl (C=O) groups is 1. The van der Waals surface area contributed by atoms with Crippen molar-refractivity contribution in [3.8, 4) is 11.5 Å². The van der Waals surface area contributed by atoms with Gasteiger partial charge in [-0.1, -0.05) is 11.6 Å². The van der Waals surface area contributed by atoms with Crippen LogP contribution in [0.2, 0.25) is 5.02 Å². The maximum atomic E-state index is 14.4. The minimum absolute atomic E-state index is 0.294. The molecular weight excluding hydrogens is 493 g/mol. The average molecular weight is 504 g/mol. The SMILES string of the molecule is Nc1nccc(Oc2c(F)cc(NC(=O)Nc3ccc(Cl)c(C(F)(F)F)c3)cc2F)c1[N+](=O)[O-]. The Kier molecular flexibility index (Phi) is 6.72. The van der Waals surface area contributed by atoms with Gasteiger partial charge >= 0.3 is 17.9 Å². The van der Waals surface area contributed by atoms with Crippen LogP contribution in [0.5, 0.6) is 11.5 Å². The minimum Gasteiger partial charge on any atom is -0.444 e. The lowest BCUT2D eigenvalue weighted by Crippen LogP contribution is -2.20. The molecule has 1 aromatic heterocycles. The van der Waals surface area contributed by atoms with Crippen molar-refractivity contribution in [2.24, 2.45) is 0 Å². The molecule has 0 aliphatic carbocycles. The van der Waals surface area contributed by atoms with E-state index in [1.165, 1.54) is 0 Å². The minimum atomic E-state index is -4.78. The van der Waals surface area contributed by atoms with Gasteiger partial charge in [0.15, 0.2) is 17.4 Å². The molecule has 34 heavy (non-hydrogen) atoms. The van der Waals surface area contributed by atoms with Gasteiger partial charge < -0.3 is 21.1 Å². The molecule has 15 heteroatoms. The molecule has 0 aliphatic rings. The summed E-state index contributed by atoms with van der Waals surface area (Å²) in [6.07, 6.45) is -3.75. The number of nitrogen functional groups attached to an aromatic ring is 1. The zero-order valence-electron chi connectivity index (χ0n) is 16.4. The second-order valence-corrected chi connectivity index (χ2v) is 6.85. The number of anilines is 3. The van der Waals surface area contributed by atoms with Crippen LogP contribution in [-0.4, -0.2) is 15.9 Å². The summed E-state index contributed by atoms with van der Waals surface area (Å²) in [5, 5.41) is 14.6. The highest BCUT2D eigenvalue weighted by atomic mass is 35.5. The number of carbonyl (C=O) groups excluding carboxylic acids is 1. The predicted octanol–water partition coefficient (Wildman–Crippen LogP) is 5.96. The number of aromatic nitrogens is 1. The van der Waals surface area contributed by atoms with Gasteiger partial charge in [0.1, 0.15) is 0 Å². The van der Waals surface area contributed by atoms with Gasteiger partial charge in [0.05, 0.1) is 15.5 Å². The first kappa shape index (κ1) is 24.4. The largest absolute Gasteiger partial charge is 0.444 e. The molecular formula is C19H11ClF5N5O4. The Morgan fingerprint density at radius 3 is 2.29 bits per heavy atom. The lowest BCUT2D eigenvalue weighted by atomic mass is 10.2. The maximum absolute atomic E-state index is 14.4. The number of hydrogen-bond acceptors (Lipinski definition) is 6. The Balaban J connectivity index is 1.79. The number of hydrogen-bond donors (Lipinski definition) is 3. The summed E-state index contributed by atoms with van der Waals surface area (Å²) in [4.78, 5) is 25.7. The van der Waals surface area contributed by atoms with Crippen LogP contribution in [0.15, 0.2) is 42.6 Å². The van der Waals surface area contributed by atoms with E-state index in [0.29, 0.717) is 18.2 Å². The lowest BCUT2D eigenvalue weighted by molar-refractivity contribution is -0.384. The molecule has 0 atom stereocenters. The average Bonchev–Trinajstić information content (AvgIpc) is 2.71. The molecule has 0 radical (unpaired) electrons. The number of amides is 2. The highest BCUT2D eigenvalue weighted by Crippen LogP contribution is 2.38. The summed E-state index contributed by atoms with van der Waals surface area (Å²) in [5.41, 5.74) is 2.65. The Bertz CT molecular complexity index is 1270. The van der Waals surface area contributed by atoms with Crippen LogP contribution in [0.1, 0.15) is 5.56 Å². The number of urea groups is 1. The fourth-order valence-electron chi connectivity index (χ4n) is 2.67. The first-order valence-electron chi connectivity index (χ1n) is 8.87. The molecule has 4 N–H and O–H groups in total. The summed E-state index contributed by atoms with van der Waals surface area (Å²) in [6.45, 7) is 0. The number of nitro groups is 1. The van der Waals surface area contributed by atoms with Crippen LogP contribution in [0.3, 0.4) is 0 Å². The van der Waals surface area contributed by atoms with Gasteiger partial charge in [-0.2, -0.15) is 13.2 Å². The fraction of sp³-hybridized carbons (Fsp3) is 0.0526. The number of benzene rings is 2. The molecule has 0 unspecified atom stereocenters. The highest BCUT2D eigenvalue weighted by Gasteiger charge is 2.33. The second kappa shape index (κ2) is 9.35. The van der Waals surface area contributed by atoms with Crippen LogP contribution in [-0.2, 0) is 6.18 Å². The quantitative estimate of drug-likeness (QED) is 0.223. The van der Waals surface area contributed by atoms with Crippen LogP contribution in [0, 0.1) is 21.7 Å². The summed E-state index contributed by atoms with van der Waals surface area (Å²) in [5.74, 6) is -4.88. The van der Waals surface area contributed by atoms with E-state index in [-0.39, 0.29) is 5.69 Å². The molecule has 2 aromatic carbocycles. The Labute approximate surface area is 191 Å². The molecule has 2 amide bonds. The van der Waals surface area contributed by atoms with Crippen molar-refractivity contribution in [2.75, 3.05) is 16.4 Å². The van der Waals surface area contributed by atoms with Crippen LogP contribution in [0.25, 0.3) is 0 Å². The van der Waals surface area contributed by atoms with Gasteiger partial charge in [-0.3, -0.25) is 10.1 Å². The van der Waals surface area contributed by atoms with Crippen molar-refractivity contribution in [3.63, 3.8) is 0 Å². The molecule has 0 spiro atoms. The van der Waals surface area contributed by atoms with Gasteiger partial charge in [-0.05, 0) is 18.2 Å². The highest BCUT2D eigenvalue weighted by molar-refractivity contribution is 6.31. The number of rotatable bonds is 5. The predicted molar refractivity (Wildman–Crippen MR) is 111 cm³/mol. The van der Waals surface area contributed by atoms with E-state index in [0.717, 1.165) is 24.4 Å². The van der Waals surface area contributed by atoms with Gasteiger partial charge in [-0.25, -0.2) is 18.6 Å². The molecule has 178 valence electrons. The summed E-state index contributed by atoms with van der Waals surface area (Å²) in [7, 11) is 0. The summed E-state index contributed by atoms with van der Waals surface area (Å²) >= 11 is 5.50. The first-order valence-corrected chi connectivity index (χ1v) is 9.25. The summed E-state index contributed by atoms with van der Waals surface area (Å²) < 4.78 is 72.6. The fourth-order valence-corrected chi connectivity index (χ4v) is 2.90. The molecule has 0 bridgehead atoms. The molecule has 0 saturated heterocycles. The molecule has 9 nitrogen and oxygen atoms in total. The Morgan fingerprint density at radius 1 is 1.09 bits per heavy atom. The lowest BCUT2D eigenvalue weighted by Gasteiger charge is -2.13. The summed E-state index contributed by atoms with van der Waals surface area (Å²) in [6, 6.07) is 3.66. The Morgan fingerprint density at radius 2 is 1.71 bits per heavy atom. The molecule has 1 heterocycles. The van der Waals surface area contributed by atoms with E-state index in [1.54, 1.807) is 0 Å². The molecule has 0 saturated carbocycles. The van der Waals surface area contributed by atoms with Crippen molar-refractivity contribution < 1.29 is 36.4 Å². The second-order valence-electron chi connectivity index (χ2n) is 6.44. The molecule has 3 aromatic rings. The van der Waals surface area contributed by atoms with Gasteiger partial charge in [0.25, 0.3) is 0 Å². The van der Waals surface area contributed by atoms with Crippen molar-refractivity contribution in [1.29, 1.82) is 0 Å². The zero-order valence-corrected chi connectivity index (χ0v) is 17.2. The number of nitrogens with two attached hydrogens (primary N) is 1. The molecule has 0 aliphatic heterocycles. The number of nitrogens with zero attached hydrogens (tertiary/aromatic N) is 2. The van der Waals surface area contributed by atoms with Gasteiger partial charge in [0.2, 0.25) is 11.6 Å². The van der Waals surface area contributed by atoms with Crippen LogP contribution >= 0.6 is 11.6 Å². The van der Waals surface area contributed by atoms with Crippen molar-refractivity contribution in [2.45, 2.75) is 6.18 Å². The topological polar surface area (TPSA) is 132 Å². The van der Waals surface area contributed by atoms with Crippen LogP contribution in [0.4, 0.5) is 49.6 Å². The van der Waals surface area contributed by atoms with E-state index in [2.05, 4.69) is 10.3 Å². The number of nitrogens with one attached hydrogen (secondary N) is 2. The van der Waals surface area contributed by atoms with Gasteiger partial charge in [-0.15, -0.1) is 0 Å². The van der Waals surface area contributed by atoms with Crippen LogP contribution < -0.4 is 21.1 Å². The number of pyridine rings is 1. The third-order valence-electron chi connectivity index (χ3n) is 4.10. The zero-order chi connectivity index (χ0) is 25.2.